The average molecular weight is 705 g/mol. The van der Waals surface area contributed by atoms with Crippen molar-refractivity contribution in [2.45, 2.75) is 54.4 Å². The van der Waals surface area contributed by atoms with Crippen molar-refractivity contribution in [1.29, 1.82) is 0 Å². The van der Waals surface area contributed by atoms with Crippen molar-refractivity contribution < 1.29 is 9.53 Å². The van der Waals surface area contributed by atoms with E-state index in [1.807, 2.05) is 80.6 Å². The molecule has 46 heavy (non-hydrogen) atoms. The highest BCUT2D eigenvalue weighted by Crippen LogP contribution is 2.22. The van der Waals surface area contributed by atoms with Gasteiger partial charge in [-0.15, -0.1) is 0 Å². The first kappa shape index (κ1) is 36.6. The van der Waals surface area contributed by atoms with Gasteiger partial charge >= 0.3 is 0 Å². The van der Waals surface area contributed by atoms with Crippen LogP contribution in [0.1, 0.15) is 63.3 Å². The lowest BCUT2D eigenvalue weighted by Crippen LogP contribution is -2.22. The van der Waals surface area contributed by atoms with Crippen LogP contribution in [0.5, 0.6) is 5.75 Å². The Morgan fingerprint density at radius 2 is 1.74 bits per heavy atom. The summed E-state index contributed by atoms with van der Waals surface area (Å²) in [5.74, 6) is 1.24. The third kappa shape index (κ3) is 11.5. The average Bonchev–Trinajstić information content (AvgIpc) is 3.05. The molecule has 0 bridgehead atoms. The van der Waals surface area contributed by atoms with Gasteiger partial charge in [0.25, 0.3) is 0 Å². The van der Waals surface area contributed by atoms with E-state index in [0.717, 1.165) is 67.9 Å². The van der Waals surface area contributed by atoms with Crippen LogP contribution in [0.2, 0.25) is 5.02 Å². The van der Waals surface area contributed by atoms with Crippen LogP contribution in [0, 0.1) is 12.8 Å². The van der Waals surface area contributed by atoms with Crippen molar-refractivity contribution in [3.05, 3.63) is 105 Å². The molecule has 0 spiro atoms. The van der Waals surface area contributed by atoms with E-state index >= 15 is 0 Å². The summed E-state index contributed by atoms with van der Waals surface area (Å²) in [4.78, 5) is 20.0. The largest absolute Gasteiger partial charge is 0.497 e. The fourth-order valence-electron chi connectivity index (χ4n) is 4.39. The number of hydrogen-bond acceptors (Lipinski definition) is 6. The third-order valence-corrected chi connectivity index (χ3v) is 8.19. The van der Waals surface area contributed by atoms with Crippen molar-refractivity contribution in [1.82, 2.24) is 10.3 Å². The van der Waals surface area contributed by atoms with Gasteiger partial charge in [-0.05, 0) is 109 Å². The molecule has 0 saturated heterocycles. The minimum Gasteiger partial charge on any atom is -0.497 e. The number of nitrogens with zero attached hydrogens (tertiary/aromatic N) is 4. The predicted molar refractivity (Wildman–Crippen MR) is 197 cm³/mol. The van der Waals surface area contributed by atoms with E-state index < -0.39 is 0 Å². The van der Waals surface area contributed by atoms with Gasteiger partial charge < -0.3 is 10.1 Å². The molecule has 1 N–H and O–H groups in total. The zero-order valence-electron chi connectivity index (χ0n) is 27.7. The molecule has 0 saturated carbocycles. The molecule has 7 nitrogen and oxygen atoms in total. The van der Waals surface area contributed by atoms with Crippen LogP contribution in [0.15, 0.2) is 92.6 Å². The molecule has 0 radical (unpaired) electrons. The lowest BCUT2D eigenvalue weighted by molar-refractivity contribution is -0.118. The first-order chi connectivity index (χ1) is 22.0. The standard InChI is InChI=1S/C24H30ClN3O.C13H13BrN2O/c1-7-16(2)19(5)28-27-18(4)15-26-24(20-9-11-21(25)12-10-20)23-14-22(29-6)13-8-17(23)3;1-9(17)15-7-6-10-2-4-12-11(8-10)3-5-13(14)16-12/h8-14,16H,7,15H2,1-6H3;2-5,8H,6-7H2,1H3,(H,15,17)/b26-24?,27-18+,28-19-;. The van der Waals surface area contributed by atoms with E-state index in [2.05, 4.69) is 63.3 Å². The molecule has 0 aliphatic heterocycles. The number of hydrogen-bond donors (Lipinski definition) is 1. The molecule has 1 unspecified atom stereocenters. The monoisotopic (exact) mass is 703 g/mol. The summed E-state index contributed by atoms with van der Waals surface area (Å²) in [5.41, 5.74) is 8.11. The quantitative estimate of drug-likeness (QED) is 0.0960. The van der Waals surface area contributed by atoms with Crippen LogP contribution >= 0.6 is 27.5 Å². The van der Waals surface area contributed by atoms with Gasteiger partial charge in [0.2, 0.25) is 5.91 Å². The minimum atomic E-state index is 0.0105. The van der Waals surface area contributed by atoms with Gasteiger partial charge in [0.1, 0.15) is 10.4 Å². The zero-order valence-corrected chi connectivity index (χ0v) is 30.0. The molecule has 0 aliphatic carbocycles. The molecule has 9 heteroatoms. The Labute approximate surface area is 286 Å². The number of aromatic nitrogens is 1. The summed E-state index contributed by atoms with van der Waals surface area (Å²) >= 11 is 9.43. The number of benzene rings is 3. The van der Waals surface area contributed by atoms with E-state index in [4.69, 9.17) is 21.3 Å². The maximum atomic E-state index is 10.8. The molecule has 1 heterocycles. The molecule has 4 aromatic rings. The highest BCUT2D eigenvalue weighted by Gasteiger charge is 2.12. The molecule has 0 fully saturated rings. The predicted octanol–water partition coefficient (Wildman–Crippen LogP) is 9.05. The minimum absolute atomic E-state index is 0.0105. The Hall–Kier alpha value is -3.88. The van der Waals surface area contributed by atoms with Crippen molar-refractivity contribution in [2.75, 3.05) is 20.2 Å². The van der Waals surface area contributed by atoms with Crippen molar-refractivity contribution in [3.63, 3.8) is 0 Å². The highest BCUT2D eigenvalue weighted by atomic mass is 79.9. The second-order valence-electron chi connectivity index (χ2n) is 11.1. The molecule has 1 amide bonds. The van der Waals surface area contributed by atoms with Crippen molar-refractivity contribution >= 4 is 61.5 Å². The summed E-state index contributed by atoms with van der Waals surface area (Å²) in [7, 11) is 1.67. The maximum Gasteiger partial charge on any atom is 0.216 e. The third-order valence-electron chi connectivity index (χ3n) is 7.49. The Morgan fingerprint density at radius 1 is 1.00 bits per heavy atom. The zero-order chi connectivity index (χ0) is 33.6. The molecule has 4 rings (SSSR count). The number of aryl methyl sites for hydroxylation is 1. The van der Waals surface area contributed by atoms with Crippen LogP contribution in [-0.4, -0.2) is 48.2 Å². The number of halogens is 2. The van der Waals surface area contributed by atoms with Crippen LogP contribution in [0.3, 0.4) is 0 Å². The number of fused-ring (bicyclic) bond motifs is 1. The molecule has 1 aromatic heterocycles. The summed E-state index contributed by atoms with van der Waals surface area (Å²) in [6.45, 7) is 13.0. The van der Waals surface area contributed by atoms with Crippen molar-refractivity contribution in [2.24, 2.45) is 21.1 Å². The van der Waals surface area contributed by atoms with Crippen LogP contribution < -0.4 is 10.1 Å². The number of carbonyl (C=O) groups excluding carboxylic acids is 1. The van der Waals surface area contributed by atoms with Gasteiger partial charge in [-0.1, -0.05) is 55.8 Å². The van der Waals surface area contributed by atoms with Gasteiger partial charge in [-0.2, -0.15) is 10.2 Å². The van der Waals surface area contributed by atoms with Crippen LogP contribution in [0.25, 0.3) is 10.9 Å². The molecular formula is C37H43BrClN5O2. The normalized spacial score (nSPS) is 12.8. The summed E-state index contributed by atoms with van der Waals surface area (Å²) < 4.78 is 6.26. The van der Waals surface area contributed by atoms with Crippen LogP contribution in [-0.2, 0) is 11.2 Å². The van der Waals surface area contributed by atoms with Gasteiger partial charge in [0.05, 0.1) is 30.6 Å². The van der Waals surface area contributed by atoms with Crippen LogP contribution in [0.4, 0.5) is 0 Å². The van der Waals surface area contributed by atoms with E-state index in [0.29, 0.717) is 24.0 Å². The topological polar surface area (TPSA) is 88.3 Å². The summed E-state index contributed by atoms with van der Waals surface area (Å²) in [5, 5.41) is 13.4. The highest BCUT2D eigenvalue weighted by molar-refractivity contribution is 9.10. The Morgan fingerprint density at radius 3 is 2.41 bits per heavy atom. The molecule has 242 valence electrons. The number of nitrogens with one attached hydrogen (secondary N) is 1. The number of pyridine rings is 1. The fourth-order valence-corrected chi connectivity index (χ4v) is 4.84. The number of aliphatic imine (C=N–C) groups is 1. The van der Waals surface area contributed by atoms with Crippen molar-refractivity contribution in [3.8, 4) is 5.75 Å². The van der Waals surface area contributed by atoms with E-state index in [-0.39, 0.29) is 5.91 Å². The lowest BCUT2D eigenvalue weighted by atomic mass is 9.97. The summed E-state index contributed by atoms with van der Waals surface area (Å²) in [6.07, 6.45) is 1.89. The first-order valence-electron chi connectivity index (χ1n) is 15.3. The Kier molecular flexibility index (Phi) is 14.6. The first-order valence-corrected chi connectivity index (χ1v) is 16.5. The molecule has 1 atom stereocenters. The molecular weight excluding hydrogens is 662 g/mol. The number of rotatable bonds is 11. The number of methoxy groups -OCH3 is 1. The number of amides is 1. The Bertz CT molecular complexity index is 1720. The van der Waals surface area contributed by atoms with Gasteiger partial charge in [-0.3, -0.25) is 9.79 Å². The second-order valence-corrected chi connectivity index (χ2v) is 12.4. The van der Waals surface area contributed by atoms with Gasteiger partial charge in [0, 0.05) is 40.7 Å². The fraction of sp³-hybridized carbons (Fsp3) is 0.324. The van der Waals surface area contributed by atoms with E-state index in [1.165, 1.54) is 12.5 Å². The van der Waals surface area contributed by atoms with Gasteiger partial charge in [-0.25, -0.2) is 4.98 Å². The smallest absolute Gasteiger partial charge is 0.216 e. The second kappa shape index (κ2) is 18.3. The molecule has 0 aliphatic rings. The van der Waals surface area contributed by atoms with Gasteiger partial charge in [0.15, 0.2) is 0 Å². The summed E-state index contributed by atoms with van der Waals surface area (Å²) in [6, 6.07) is 23.9. The number of carbonyl (C=O) groups is 1. The maximum absolute atomic E-state index is 10.8. The Balaban J connectivity index is 0.000000286. The van der Waals surface area contributed by atoms with E-state index in [9.17, 15) is 4.79 Å². The van der Waals surface area contributed by atoms with E-state index in [1.54, 1.807) is 7.11 Å². The molecule has 3 aromatic carbocycles. The number of ether oxygens (including phenoxy) is 1. The lowest BCUT2D eigenvalue weighted by Gasteiger charge is -2.12. The SMILES string of the molecule is CC(=O)NCCc1ccc2nc(Br)ccc2c1.CCC(C)/C(C)=N\N=C(/C)CN=C(c1ccc(Cl)cc1)c1cc(OC)ccc1C.